The predicted molar refractivity (Wildman–Crippen MR) is 99.2 cm³/mol. The lowest BCUT2D eigenvalue weighted by molar-refractivity contribution is -0.115. The SMILES string of the molecule is COc1ccc(S(=O)(=O)CCC(=O)Nc2cc(C)ccc2C)cc1Cl. The van der Waals surface area contributed by atoms with Crippen molar-refractivity contribution < 1.29 is 17.9 Å². The fourth-order valence-electron chi connectivity index (χ4n) is 2.27. The molecule has 1 N–H and O–H groups in total. The number of rotatable bonds is 6. The zero-order chi connectivity index (χ0) is 18.6. The normalized spacial score (nSPS) is 11.2. The molecule has 0 aliphatic heterocycles. The second-order valence-corrected chi connectivity index (χ2v) is 8.25. The molecule has 0 fully saturated rings. The fourth-order valence-corrected chi connectivity index (χ4v) is 3.85. The number of ether oxygens (including phenoxy) is 1. The number of methoxy groups -OCH3 is 1. The molecule has 0 aliphatic rings. The van der Waals surface area contributed by atoms with Crippen molar-refractivity contribution in [1.29, 1.82) is 0 Å². The molecule has 2 aromatic rings. The van der Waals surface area contributed by atoms with E-state index >= 15 is 0 Å². The average Bonchev–Trinajstić information content (AvgIpc) is 2.56. The largest absolute Gasteiger partial charge is 0.495 e. The third kappa shape index (κ3) is 4.96. The van der Waals surface area contributed by atoms with Crippen molar-refractivity contribution >= 4 is 33.0 Å². The van der Waals surface area contributed by atoms with E-state index in [2.05, 4.69) is 5.32 Å². The van der Waals surface area contributed by atoms with E-state index in [0.29, 0.717) is 11.4 Å². The van der Waals surface area contributed by atoms with Gasteiger partial charge in [0, 0.05) is 12.1 Å². The van der Waals surface area contributed by atoms with Gasteiger partial charge in [0.05, 0.1) is 22.8 Å². The summed E-state index contributed by atoms with van der Waals surface area (Å²) in [6.07, 6.45) is -0.140. The van der Waals surface area contributed by atoms with Gasteiger partial charge in [0.25, 0.3) is 0 Å². The number of carbonyl (C=O) groups is 1. The van der Waals surface area contributed by atoms with Crippen LogP contribution in [0.1, 0.15) is 17.5 Å². The Bertz CT molecular complexity index is 894. The van der Waals surface area contributed by atoms with E-state index in [-0.39, 0.29) is 28.0 Å². The van der Waals surface area contributed by atoms with Crippen LogP contribution in [0.15, 0.2) is 41.3 Å². The van der Waals surface area contributed by atoms with Crippen molar-refractivity contribution in [3.05, 3.63) is 52.5 Å². The Morgan fingerprint density at radius 1 is 1.16 bits per heavy atom. The highest BCUT2D eigenvalue weighted by molar-refractivity contribution is 7.91. The zero-order valence-electron chi connectivity index (χ0n) is 14.3. The molecule has 7 heteroatoms. The van der Waals surface area contributed by atoms with Gasteiger partial charge in [-0.15, -0.1) is 0 Å². The van der Waals surface area contributed by atoms with Gasteiger partial charge in [-0.2, -0.15) is 0 Å². The molecule has 0 spiro atoms. The first-order chi connectivity index (χ1) is 11.7. The second kappa shape index (κ2) is 7.89. The first kappa shape index (κ1) is 19.3. The quantitative estimate of drug-likeness (QED) is 0.826. The van der Waals surface area contributed by atoms with Crippen LogP contribution in [0.25, 0.3) is 0 Å². The van der Waals surface area contributed by atoms with E-state index in [9.17, 15) is 13.2 Å². The Morgan fingerprint density at radius 2 is 1.88 bits per heavy atom. The van der Waals surface area contributed by atoms with Crippen LogP contribution in [0.3, 0.4) is 0 Å². The highest BCUT2D eigenvalue weighted by Gasteiger charge is 2.18. The number of carbonyl (C=O) groups excluding carboxylic acids is 1. The lowest BCUT2D eigenvalue weighted by Crippen LogP contribution is -2.18. The van der Waals surface area contributed by atoms with Crippen molar-refractivity contribution in [3.8, 4) is 5.75 Å². The maximum Gasteiger partial charge on any atom is 0.225 e. The lowest BCUT2D eigenvalue weighted by Gasteiger charge is -2.10. The summed E-state index contributed by atoms with van der Waals surface area (Å²) in [7, 11) is -2.16. The third-order valence-corrected chi connectivity index (χ3v) is 5.76. The molecule has 1 amide bonds. The maximum absolute atomic E-state index is 12.4. The van der Waals surface area contributed by atoms with E-state index in [0.717, 1.165) is 11.1 Å². The van der Waals surface area contributed by atoms with Crippen molar-refractivity contribution in [1.82, 2.24) is 0 Å². The molecule has 25 heavy (non-hydrogen) atoms. The Morgan fingerprint density at radius 3 is 2.52 bits per heavy atom. The van der Waals surface area contributed by atoms with Crippen LogP contribution in [0, 0.1) is 13.8 Å². The summed E-state index contributed by atoms with van der Waals surface area (Å²) in [5.74, 6) is -0.253. The van der Waals surface area contributed by atoms with Crippen molar-refractivity contribution in [3.63, 3.8) is 0 Å². The number of halogens is 1. The van der Waals surface area contributed by atoms with E-state index in [4.69, 9.17) is 16.3 Å². The van der Waals surface area contributed by atoms with Gasteiger partial charge in [-0.05, 0) is 49.2 Å². The Balaban J connectivity index is 2.05. The van der Waals surface area contributed by atoms with Crippen LogP contribution >= 0.6 is 11.6 Å². The Kier molecular flexibility index (Phi) is 6.08. The molecule has 2 aromatic carbocycles. The summed E-state index contributed by atoms with van der Waals surface area (Å²) in [6, 6.07) is 9.95. The van der Waals surface area contributed by atoms with Crippen LogP contribution in [-0.2, 0) is 14.6 Å². The topological polar surface area (TPSA) is 72.5 Å². The number of sulfone groups is 1. The minimum atomic E-state index is -3.61. The molecule has 0 unspecified atom stereocenters. The summed E-state index contributed by atoms with van der Waals surface area (Å²) >= 11 is 5.97. The summed E-state index contributed by atoms with van der Waals surface area (Å²) in [6.45, 7) is 3.80. The van der Waals surface area contributed by atoms with E-state index < -0.39 is 9.84 Å². The molecule has 0 saturated carbocycles. The molecule has 0 aliphatic carbocycles. The Hall–Kier alpha value is -2.05. The first-order valence-corrected chi connectivity index (χ1v) is 9.69. The number of hydrogen-bond donors (Lipinski definition) is 1. The smallest absolute Gasteiger partial charge is 0.225 e. The maximum atomic E-state index is 12.4. The summed E-state index contributed by atoms with van der Waals surface area (Å²) in [5, 5.41) is 2.97. The van der Waals surface area contributed by atoms with Crippen LogP contribution in [-0.4, -0.2) is 27.2 Å². The molecular formula is C18H20ClNO4S. The minimum absolute atomic E-state index is 0.0674. The first-order valence-electron chi connectivity index (χ1n) is 7.66. The summed E-state index contributed by atoms with van der Waals surface area (Å²) < 4.78 is 29.8. The average molecular weight is 382 g/mol. The highest BCUT2D eigenvalue weighted by atomic mass is 35.5. The number of nitrogens with one attached hydrogen (secondary N) is 1. The van der Waals surface area contributed by atoms with Gasteiger partial charge in [0.2, 0.25) is 5.91 Å². The monoisotopic (exact) mass is 381 g/mol. The van der Waals surface area contributed by atoms with Crippen LogP contribution < -0.4 is 10.1 Å². The van der Waals surface area contributed by atoms with Crippen LogP contribution in [0.5, 0.6) is 5.75 Å². The zero-order valence-corrected chi connectivity index (χ0v) is 15.9. The molecule has 0 radical (unpaired) electrons. The number of amides is 1. The van der Waals surface area contributed by atoms with Gasteiger partial charge in [0.15, 0.2) is 9.84 Å². The molecule has 0 saturated heterocycles. The van der Waals surface area contributed by atoms with E-state index in [1.54, 1.807) is 0 Å². The lowest BCUT2D eigenvalue weighted by atomic mass is 10.1. The number of hydrogen-bond acceptors (Lipinski definition) is 4. The molecular weight excluding hydrogens is 362 g/mol. The number of benzene rings is 2. The van der Waals surface area contributed by atoms with Crippen LogP contribution in [0.2, 0.25) is 5.02 Å². The van der Waals surface area contributed by atoms with Gasteiger partial charge in [-0.25, -0.2) is 8.42 Å². The third-order valence-electron chi connectivity index (χ3n) is 3.75. The van der Waals surface area contributed by atoms with Crippen molar-refractivity contribution in [2.24, 2.45) is 0 Å². The summed E-state index contributed by atoms with van der Waals surface area (Å²) in [4.78, 5) is 12.2. The highest BCUT2D eigenvalue weighted by Crippen LogP contribution is 2.27. The standard InChI is InChI=1S/C18H20ClNO4S/c1-12-4-5-13(2)16(10-12)20-18(21)8-9-25(22,23)14-6-7-17(24-3)15(19)11-14/h4-7,10-11H,8-9H2,1-3H3,(H,20,21). The molecule has 0 heterocycles. The molecule has 5 nitrogen and oxygen atoms in total. The van der Waals surface area contributed by atoms with Gasteiger partial charge in [0.1, 0.15) is 5.75 Å². The van der Waals surface area contributed by atoms with Crippen LogP contribution in [0.4, 0.5) is 5.69 Å². The summed E-state index contributed by atoms with van der Waals surface area (Å²) in [5.41, 5.74) is 2.63. The number of anilines is 1. The molecule has 2 rings (SSSR count). The predicted octanol–water partition coefficient (Wildman–Crippen LogP) is 3.77. The minimum Gasteiger partial charge on any atom is -0.495 e. The van der Waals surface area contributed by atoms with Gasteiger partial charge >= 0.3 is 0 Å². The van der Waals surface area contributed by atoms with Gasteiger partial charge < -0.3 is 10.1 Å². The molecule has 0 atom stereocenters. The Labute approximate surface area is 152 Å². The number of aryl methyl sites for hydroxylation is 2. The van der Waals surface area contributed by atoms with Crippen molar-refractivity contribution in [2.75, 3.05) is 18.2 Å². The van der Waals surface area contributed by atoms with Gasteiger partial charge in [-0.1, -0.05) is 23.7 Å². The van der Waals surface area contributed by atoms with E-state index in [1.165, 1.54) is 25.3 Å². The fraction of sp³-hybridized carbons (Fsp3) is 0.278. The molecule has 0 bridgehead atoms. The molecule has 0 aromatic heterocycles. The second-order valence-electron chi connectivity index (χ2n) is 5.73. The van der Waals surface area contributed by atoms with Gasteiger partial charge in [-0.3, -0.25) is 4.79 Å². The molecule has 134 valence electrons. The van der Waals surface area contributed by atoms with Crippen molar-refractivity contribution in [2.45, 2.75) is 25.2 Å². The van der Waals surface area contributed by atoms with E-state index in [1.807, 2.05) is 32.0 Å².